The maximum Gasteiger partial charge on any atom is 0.326 e. The molecule has 0 aromatic heterocycles. The first kappa shape index (κ1) is 16.8. The molecule has 0 saturated carbocycles. The van der Waals surface area contributed by atoms with Crippen molar-refractivity contribution >= 4 is 18.0 Å². The summed E-state index contributed by atoms with van der Waals surface area (Å²) >= 11 is 0. The van der Waals surface area contributed by atoms with Gasteiger partial charge in [0.15, 0.2) is 0 Å². The third-order valence-electron chi connectivity index (χ3n) is 3.03. The van der Waals surface area contributed by atoms with Gasteiger partial charge >= 0.3 is 5.97 Å². The molecule has 0 radical (unpaired) electrons. The van der Waals surface area contributed by atoms with Gasteiger partial charge in [-0.05, 0) is 31.1 Å². The third kappa shape index (κ3) is 4.95. The molecule has 5 nitrogen and oxygen atoms in total. The molecule has 0 aliphatic carbocycles. The van der Waals surface area contributed by atoms with Gasteiger partial charge in [0.1, 0.15) is 11.8 Å². The quantitative estimate of drug-likeness (QED) is 0.788. The Kier molecular flexibility index (Phi) is 5.96. The van der Waals surface area contributed by atoms with Crippen molar-refractivity contribution in [1.82, 2.24) is 5.32 Å². The molecular weight excluding hydrogens is 270 g/mol. The van der Waals surface area contributed by atoms with Crippen LogP contribution in [0.15, 0.2) is 24.3 Å². The van der Waals surface area contributed by atoms with E-state index in [1.165, 1.54) is 6.08 Å². The van der Waals surface area contributed by atoms with Gasteiger partial charge < -0.3 is 15.2 Å². The number of benzene rings is 1. The van der Waals surface area contributed by atoms with Crippen LogP contribution in [0.1, 0.15) is 25.0 Å². The van der Waals surface area contributed by atoms with Crippen molar-refractivity contribution in [3.05, 3.63) is 35.4 Å². The fourth-order valence-electron chi connectivity index (χ4n) is 1.86. The molecule has 0 spiro atoms. The molecule has 0 heterocycles. The highest BCUT2D eigenvalue weighted by Gasteiger charge is 2.22. The third-order valence-corrected chi connectivity index (χ3v) is 3.03. The summed E-state index contributed by atoms with van der Waals surface area (Å²) in [5, 5.41) is 11.5. The average Bonchev–Trinajstić information content (AvgIpc) is 2.42. The maximum absolute atomic E-state index is 11.8. The Hall–Kier alpha value is -2.30. The molecule has 1 atom stereocenters. The Balaban J connectivity index is 2.83. The summed E-state index contributed by atoms with van der Waals surface area (Å²) in [6.45, 7) is 5.43. The Morgan fingerprint density at radius 2 is 2.00 bits per heavy atom. The predicted octanol–water partition coefficient (Wildman–Crippen LogP) is 2.24. The first-order chi connectivity index (χ1) is 9.85. The number of carboxylic acid groups (broad SMARTS) is 1. The van der Waals surface area contributed by atoms with Gasteiger partial charge in [0, 0.05) is 11.6 Å². The molecule has 2 N–H and O–H groups in total. The maximum atomic E-state index is 11.8. The number of methoxy groups -OCH3 is 1. The van der Waals surface area contributed by atoms with Crippen LogP contribution >= 0.6 is 0 Å². The van der Waals surface area contributed by atoms with Gasteiger partial charge in [0.25, 0.3) is 0 Å². The summed E-state index contributed by atoms with van der Waals surface area (Å²) in [6.07, 6.45) is 2.93. The molecule has 1 unspecified atom stereocenters. The summed E-state index contributed by atoms with van der Waals surface area (Å²) in [5.74, 6) is -1.02. The number of aliphatic carboxylic acids is 1. The number of aryl methyl sites for hydroxylation is 1. The second kappa shape index (κ2) is 7.47. The Labute approximate surface area is 124 Å². The SMILES string of the molecule is COc1ccc(C)cc1/C=C/C(=O)NC(C(=O)O)C(C)C. The van der Waals surface area contributed by atoms with Crippen LogP contribution < -0.4 is 10.1 Å². The molecule has 0 bridgehead atoms. The zero-order valence-electron chi connectivity index (χ0n) is 12.7. The van der Waals surface area contributed by atoms with Crippen LogP contribution in [0.5, 0.6) is 5.75 Å². The molecule has 114 valence electrons. The highest BCUT2D eigenvalue weighted by Crippen LogP contribution is 2.20. The number of carbonyl (C=O) groups excluding carboxylic acids is 1. The molecule has 5 heteroatoms. The van der Waals surface area contributed by atoms with Crippen LogP contribution in [0, 0.1) is 12.8 Å². The van der Waals surface area contributed by atoms with E-state index in [4.69, 9.17) is 9.84 Å². The molecule has 1 aromatic rings. The van der Waals surface area contributed by atoms with E-state index in [-0.39, 0.29) is 5.92 Å². The van der Waals surface area contributed by atoms with Crippen molar-refractivity contribution in [2.24, 2.45) is 5.92 Å². The topological polar surface area (TPSA) is 75.6 Å². The second-order valence-corrected chi connectivity index (χ2v) is 5.15. The van der Waals surface area contributed by atoms with Gasteiger partial charge in [-0.3, -0.25) is 4.79 Å². The molecule has 0 aliphatic heterocycles. The summed E-state index contributed by atoms with van der Waals surface area (Å²) in [6, 6.07) is 4.72. The number of amides is 1. The fraction of sp³-hybridized carbons (Fsp3) is 0.375. The first-order valence-electron chi connectivity index (χ1n) is 6.71. The number of carboxylic acids is 1. The minimum atomic E-state index is -1.04. The summed E-state index contributed by atoms with van der Waals surface area (Å²) in [4.78, 5) is 22.9. The van der Waals surface area contributed by atoms with E-state index in [2.05, 4.69) is 5.32 Å². The molecule has 0 aliphatic rings. The molecular formula is C16H21NO4. The van der Waals surface area contributed by atoms with E-state index >= 15 is 0 Å². The van der Waals surface area contributed by atoms with E-state index in [1.54, 1.807) is 27.0 Å². The number of carbonyl (C=O) groups is 2. The van der Waals surface area contributed by atoms with Crippen molar-refractivity contribution in [3.8, 4) is 5.75 Å². The van der Waals surface area contributed by atoms with Crippen molar-refractivity contribution in [2.75, 3.05) is 7.11 Å². The predicted molar refractivity (Wildman–Crippen MR) is 81.2 cm³/mol. The van der Waals surface area contributed by atoms with Crippen molar-refractivity contribution in [2.45, 2.75) is 26.8 Å². The molecule has 1 rings (SSSR count). The summed E-state index contributed by atoms with van der Waals surface area (Å²) in [7, 11) is 1.56. The zero-order valence-corrected chi connectivity index (χ0v) is 12.7. The van der Waals surface area contributed by atoms with Crippen LogP contribution in [0.25, 0.3) is 6.08 Å². The lowest BCUT2D eigenvalue weighted by Gasteiger charge is -2.16. The fourth-order valence-corrected chi connectivity index (χ4v) is 1.86. The molecule has 21 heavy (non-hydrogen) atoms. The van der Waals surface area contributed by atoms with E-state index < -0.39 is 17.9 Å². The highest BCUT2D eigenvalue weighted by atomic mass is 16.5. The lowest BCUT2D eigenvalue weighted by Crippen LogP contribution is -2.43. The van der Waals surface area contributed by atoms with Crippen LogP contribution in [0.4, 0.5) is 0 Å². The van der Waals surface area contributed by atoms with Crippen molar-refractivity contribution in [1.29, 1.82) is 0 Å². The molecule has 0 saturated heterocycles. The number of rotatable bonds is 6. The van der Waals surface area contributed by atoms with E-state index in [1.807, 2.05) is 25.1 Å². The van der Waals surface area contributed by atoms with E-state index in [0.29, 0.717) is 5.75 Å². The highest BCUT2D eigenvalue weighted by molar-refractivity contribution is 5.94. The summed E-state index contributed by atoms with van der Waals surface area (Å²) < 4.78 is 5.21. The van der Waals surface area contributed by atoms with Gasteiger partial charge in [-0.15, -0.1) is 0 Å². The van der Waals surface area contributed by atoms with Crippen LogP contribution in [0.2, 0.25) is 0 Å². The van der Waals surface area contributed by atoms with Gasteiger partial charge in [-0.1, -0.05) is 25.5 Å². The average molecular weight is 291 g/mol. The van der Waals surface area contributed by atoms with Crippen molar-refractivity contribution in [3.63, 3.8) is 0 Å². The number of hydrogen-bond acceptors (Lipinski definition) is 3. The van der Waals surface area contributed by atoms with Gasteiger partial charge in [-0.2, -0.15) is 0 Å². The Bertz CT molecular complexity index is 549. The minimum absolute atomic E-state index is 0.187. The van der Waals surface area contributed by atoms with Gasteiger partial charge in [-0.25, -0.2) is 4.79 Å². The van der Waals surface area contributed by atoms with Gasteiger partial charge in [0.2, 0.25) is 5.91 Å². The molecule has 1 amide bonds. The molecule has 1 aromatic carbocycles. The Morgan fingerprint density at radius 1 is 1.33 bits per heavy atom. The lowest BCUT2D eigenvalue weighted by molar-refractivity contribution is -0.142. The van der Waals surface area contributed by atoms with Crippen molar-refractivity contribution < 1.29 is 19.4 Å². The minimum Gasteiger partial charge on any atom is -0.496 e. The molecule has 0 fully saturated rings. The Morgan fingerprint density at radius 3 is 2.52 bits per heavy atom. The monoisotopic (exact) mass is 291 g/mol. The number of hydrogen-bond donors (Lipinski definition) is 2. The van der Waals surface area contributed by atoms with Crippen LogP contribution in [-0.2, 0) is 9.59 Å². The normalized spacial score (nSPS) is 12.4. The van der Waals surface area contributed by atoms with E-state index in [0.717, 1.165) is 11.1 Å². The second-order valence-electron chi connectivity index (χ2n) is 5.15. The van der Waals surface area contributed by atoms with Crippen LogP contribution in [0.3, 0.4) is 0 Å². The smallest absolute Gasteiger partial charge is 0.326 e. The standard InChI is InChI=1S/C16H21NO4/c1-10(2)15(16(19)20)17-14(18)8-6-12-9-11(3)5-7-13(12)21-4/h5-10,15H,1-4H3,(H,17,18)(H,19,20)/b8-6+. The number of nitrogens with one attached hydrogen (secondary N) is 1. The van der Waals surface area contributed by atoms with E-state index in [9.17, 15) is 9.59 Å². The van der Waals surface area contributed by atoms with Gasteiger partial charge in [0.05, 0.1) is 7.11 Å². The van der Waals surface area contributed by atoms with Crippen LogP contribution in [-0.4, -0.2) is 30.1 Å². The lowest BCUT2D eigenvalue weighted by atomic mass is 10.0. The largest absolute Gasteiger partial charge is 0.496 e. The number of ether oxygens (including phenoxy) is 1. The zero-order chi connectivity index (χ0) is 16.0. The first-order valence-corrected chi connectivity index (χ1v) is 6.71. The summed E-state index contributed by atoms with van der Waals surface area (Å²) in [5.41, 5.74) is 1.81.